The average Bonchev–Trinajstić information content (AvgIpc) is 2.40. The van der Waals surface area contributed by atoms with Crippen LogP contribution in [0.5, 0.6) is 0 Å². The lowest BCUT2D eigenvalue weighted by molar-refractivity contribution is -0.116. The largest absolute Gasteiger partial charge is 0.397 e. The highest BCUT2D eigenvalue weighted by molar-refractivity contribution is 6.31. The number of amides is 1. The molecule has 1 atom stereocenters. The molecule has 1 unspecified atom stereocenters. The number of hydrogen-bond donors (Lipinski definition) is 3. The Bertz CT molecular complexity index is 481. The summed E-state index contributed by atoms with van der Waals surface area (Å²) in [5.74, 6) is -0.0842. The van der Waals surface area contributed by atoms with E-state index in [1.807, 2.05) is 0 Å². The lowest BCUT2D eigenvalue weighted by atomic mass is 10.1. The first-order valence-corrected chi connectivity index (χ1v) is 7.17. The van der Waals surface area contributed by atoms with Crippen LogP contribution >= 0.6 is 11.6 Å². The Morgan fingerprint density at radius 2 is 2.35 bits per heavy atom. The third-order valence-electron chi connectivity index (χ3n) is 3.42. The van der Waals surface area contributed by atoms with E-state index in [0.717, 1.165) is 19.4 Å². The Labute approximate surface area is 123 Å². The second kappa shape index (κ2) is 6.92. The number of carbonyl (C=O) groups is 1. The zero-order valence-corrected chi connectivity index (χ0v) is 12.1. The summed E-state index contributed by atoms with van der Waals surface area (Å²) in [5, 5.41) is 12.9. The van der Waals surface area contributed by atoms with E-state index in [4.69, 9.17) is 17.3 Å². The number of nitrogen functional groups attached to an aromatic ring is 1. The molecule has 6 heteroatoms. The van der Waals surface area contributed by atoms with Crippen LogP contribution in [0.25, 0.3) is 0 Å². The molecule has 1 fully saturated rings. The number of halogens is 1. The maximum atomic E-state index is 11.9. The number of carbonyl (C=O) groups excluding carboxylic acids is 1. The Balaban J connectivity index is 1.80. The summed E-state index contributed by atoms with van der Waals surface area (Å²) in [5.41, 5.74) is 6.82. The predicted molar refractivity (Wildman–Crippen MR) is 80.8 cm³/mol. The molecule has 1 aromatic rings. The summed E-state index contributed by atoms with van der Waals surface area (Å²) >= 11 is 5.81. The number of β-amino-alcohol motifs (C(OH)–C–C–N with tert-alkyl or cyclic N) is 1. The minimum absolute atomic E-state index is 0.0842. The quantitative estimate of drug-likeness (QED) is 0.739. The Morgan fingerprint density at radius 3 is 3.05 bits per heavy atom. The number of nitrogens with zero attached hydrogens (tertiary/aromatic N) is 1. The minimum Gasteiger partial charge on any atom is -0.397 e. The van der Waals surface area contributed by atoms with Crippen LogP contribution in [0, 0.1) is 0 Å². The fourth-order valence-corrected chi connectivity index (χ4v) is 2.53. The molecule has 0 aliphatic carbocycles. The van der Waals surface area contributed by atoms with Gasteiger partial charge in [0, 0.05) is 24.5 Å². The van der Waals surface area contributed by atoms with Gasteiger partial charge in [-0.2, -0.15) is 0 Å². The fraction of sp³-hybridized carbons (Fsp3) is 0.500. The van der Waals surface area contributed by atoms with E-state index in [-0.39, 0.29) is 12.0 Å². The molecule has 1 heterocycles. The van der Waals surface area contributed by atoms with Gasteiger partial charge in [0.2, 0.25) is 5.91 Å². The van der Waals surface area contributed by atoms with Crippen LogP contribution in [0.15, 0.2) is 18.2 Å². The summed E-state index contributed by atoms with van der Waals surface area (Å²) in [6.45, 7) is 2.24. The van der Waals surface area contributed by atoms with Crippen molar-refractivity contribution in [3.05, 3.63) is 23.2 Å². The van der Waals surface area contributed by atoms with Gasteiger partial charge in [-0.25, -0.2) is 0 Å². The van der Waals surface area contributed by atoms with Gasteiger partial charge in [0.05, 0.1) is 17.5 Å². The summed E-state index contributed by atoms with van der Waals surface area (Å²) < 4.78 is 0. The van der Waals surface area contributed by atoms with E-state index in [0.29, 0.717) is 35.9 Å². The van der Waals surface area contributed by atoms with E-state index in [1.165, 1.54) is 0 Å². The molecular weight excluding hydrogens is 278 g/mol. The van der Waals surface area contributed by atoms with Gasteiger partial charge in [0.1, 0.15) is 0 Å². The first-order valence-electron chi connectivity index (χ1n) is 6.80. The zero-order valence-electron chi connectivity index (χ0n) is 11.3. The lowest BCUT2D eigenvalue weighted by Gasteiger charge is -2.29. The highest BCUT2D eigenvalue weighted by atomic mass is 35.5. The number of aliphatic hydroxyl groups is 1. The average molecular weight is 298 g/mol. The van der Waals surface area contributed by atoms with Crippen molar-refractivity contribution in [1.29, 1.82) is 0 Å². The van der Waals surface area contributed by atoms with Crippen molar-refractivity contribution >= 4 is 28.9 Å². The lowest BCUT2D eigenvalue weighted by Crippen LogP contribution is -2.39. The molecule has 0 saturated carbocycles. The Hall–Kier alpha value is -1.30. The van der Waals surface area contributed by atoms with E-state index < -0.39 is 0 Å². The number of aliphatic hydroxyl groups excluding tert-OH is 1. The topological polar surface area (TPSA) is 78.6 Å². The molecule has 2 rings (SSSR count). The second-order valence-corrected chi connectivity index (χ2v) is 5.56. The number of anilines is 2. The van der Waals surface area contributed by atoms with Crippen molar-refractivity contribution in [3.63, 3.8) is 0 Å². The van der Waals surface area contributed by atoms with E-state index in [2.05, 4.69) is 10.2 Å². The predicted octanol–water partition coefficient (Wildman–Crippen LogP) is 1.71. The number of hydrogen-bond acceptors (Lipinski definition) is 4. The number of rotatable bonds is 4. The molecule has 1 aliphatic rings. The minimum atomic E-state index is -0.265. The molecule has 1 amide bonds. The van der Waals surface area contributed by atoms with Gasteiger partial charge in [-0.1, -0.05) is 11.6 Å². The molecule has 110 valence electrons. The first kappa shape index (κ1) is 15.1. The molecule has 1 aliphatic heterocycles. The molecule has 0 spiro atoms. The normalized spacial score (nSPS) is 19.8. The van der Waals surface area contributed by atoms with Gasteiger partial charge in [-0.15, -0.1) is 0 Å². The molecule has 1 saturated heterocycles. The maximum absolute atomic E-state index is 11.9. The fourth-order valence-electron chi connectivity index (χ4n) is 2.35. The van der Waals surface area contributed by atoms with E-state index in [9.17, 15) is 9.90 Å². The van der Waals surface area contributed by atoms with E-state index in [1.54, 1.807) is 18.2 Å². The van der Waals surface area contributed by atoms with Crippen LogP contribution < -0.4 is 11.1 Å². The Morgan fingerprint density at radius 1 is 1.55 bits per heavy atom. The second-order valence-electron chi connectivity index (χ2n) is 5.13. The number of likely N-dealkylation sites (tertiary alicyclic amines) is 1. The molecule has 0 bridgehead atoms. The monoisotopic (exact) mass is 297 g/mol. The number of nitrogens with two attached hydrogens (primary N) is 1. The van der Waals surface area contributed by atoms with Crippen molar-refractivity contribution < 1.29 is 9.90 Å². The molecule has 1 aromatic carbocycles. The molecule has 0 radical (unpaired) electrons. The van der Waals surface area contributed by atoms with Gasteiger partial charge >= 0.3 is 0 Å². The first-order chi connectivity index (χ1) is 9.54. The van der Waals surface area contributed by atoms with Gasteiger partial charge in [0.15, 0.2) is 0 Å². The van der Waals surface area contributed by atoms with Gasteiger partial charge in [-0.05, 0) is 37.6 Å². The van der Waals surface area contributed by atoms with Gasteiger partial charge in [-0.3, -0.25) is 4.79 Å². The van der Waals surface area contributed by atoms with Crippen LogP contribution in [0.2, 0.25) is 5.02 Å². The molecule has 5 nitrogen and oxygen atoms in total. The maximum Gasteiger partial charge on any atom is 0.225 e. The van der Waals surface area contributed by atoms with Crippen LogP contribution in [0.3, 0.4) is 0 Å². The highest BCUT2D eigenvalue weighted by Gasteiger charge is 2.18. The van der Waals surface area contributed by atoms with Crippen LogP contribution in [0.4, 0.5) is 11.4 Å². The Kier molecular flexibility index (Phi) is 5.23. The van der Waals surface area contributed by atoms with Gasteiger partial charge in [0.25, 0.3) is 0 Å². The molecular formula is C14H20ClN3O2. The zero-order chi connectivity index (χ0) is 14.5. The third kappa shape index (κ3) is 4.37. The van der Waals surface area contributed by atoms with Crippen LogP contribution in [0.1, 0.15) is 19.3 Å². The molecule has 20 heavy (non-hydrogen) atoms. The summed E-state index contributed by atoms with van der Waals surface area (Å²) in [6.07, 6.45) is 1.95. The van der Waals surface area contributed by atoms with Crippen LogP contribution in [-0.2, 0) is 4.79 Å². The van der Waals surface area contributed by atoms with Crippen LogP contribution in [-0.4, -0.2) is 41.7 Å². The highest BCUT2D eigenvalue weighted by Crippen LogP contribution is 2.22. The summed E-state index contributed by atoms with van der Waals surface area (Å²) in [7, 11) is 0. The van der Waals surface area contributed by atoms with Crippen molar-refractivity contribution in [2.75, 3.05) is 30.7 Å². The van der Waals surface area contributed by atoms with Gasteiger partial charge < -0.3 is 21.1 Å². The van der Waals surface area contributed by atoms with Crippen molar-refractivity contribution in [1.82, 2.24) is 4.90 Å². The van der Waals surface area contributed by atoms with E-state index >= 15 is 0 Å². The number of piperidine rings is 1. The smallest absolute Gasteiger partial charge is 0.225 e. The molecule has 0 aromatic heterocycles. The standard InChI is InChI=1S/C14H20ClN3O2/c15-10-3-4-13(12(16)8-10)17-14(20)5-7-18-6-1-2-11(19)9-18/h3-4,8,11,19H,1-2,5-7,9,16H2,(H,17,20). The third-order valence-corrected chi connectivity index (χ3v) is 3.66. The summed E-state index contributed by atoms with van der Waals surface area (Å²) in [6, 6.07) is 4.99. The molecule has 4 N–H and O–H groups in total. The SMILES string of the molecule is Nc1cc(Cl)ccc1NC(=O)CCN1CCCC(O)C1. The summed E-state index contributed by atoms with van der Waals surface area (Å²) in [4.78, 5) is 14.0. The van der Waals surface area contributed by atoms with Crippen molar-refractivity contribution in [3.8, 4) is 0 Å². The number of nitrogens with one attached hydrogen (secondary N) is 1. The van der Waals surface area contributed by atoms with Crippen molar-refractivity contribution in [2.45, 2.75) is 25.4 Å². The van der Waals surface area contributed by atoms with Crippen molar-refractivity contribution in [2.24, 2.45) is 0 Å². The number of benzene rings is 1.